The van der Waals surface area contributed by atoms with E-state index >= 15 is 0 Å². The molecule has 0 saturated carbocycles. The van der Waals surface area contributed by atoms with Gasteiger partial charge in [-0.25, -0.2) is 0 Å². The van der Waals surface area contributed by atoms with Gasteiger partial charge >= 0.3 is 0 Å². The second-order valence-corrected chi connectivity index (χ2v) is 5.82. The van der Waals surface area contributed by atoms with Gasteiger partial charge in [-0.1, -0.05) is 11.6 Å². The van der Waals surface area contributed by atoms with E-state index in [-0.39, 0.29) is 18.0 Å². The minimum Gasteiger partial charge on any atom is -0.334 e. The van der Waals surface area contributed by atoms with Crippen molar-refractivity contribution >= 4 is 17.5 Å². The molecule has 0 aliphatic carbocycles. The molecule has 0 aromatic heterocycles. The smallest absolute Gasteiger partial charge is 0.254 e. The van der Waals surface area contributed by atoms with Crippen molar-refractivity contribution in [3.8, 4) is 0 Å². The maximum atomic E-state index is 12.7. The van der Waals surface area contributed by atoms with Gasteiger partial charge in [0.2, 0.25) is 0 Å². The van der Waals surface area contributed by atoms with Gasteiger partial charge in [0.1, 0.15) is 0 Å². The lowest BCUT2D eigenvalue weighted by atomic mass is 9.95. The molecule has 1 aliphatic heterocycles. The average Bonchev–Trinajstić information content (AvgIpc) is 2.38. The number of halogens is 1. The number of rotatable bonds is 2. The van der Waals surface area contributed by atoms with Crippen LogP contribution in [0.25, 0.3) is 0 Å². The van der Waals surface area contributed by atoms with Gasteiger partial charge in [-0.05, 0) is 56.9 Å². The van der Waals surface area contributed by atoms with Crippen molar-refractivity contribution in [1.29, 1.82) is 0 Å². The quantitative estimate of drug-likeness (QED) is 0.905. The molecule has 2 unspecified atom stereocenters. The van der Waals surface area contributed by atoms with Crippen molar-refractivity contribution < 1.29 is 4.79 Å². The fourth-order valence-corrected chi connectivity index (χ4v) is 3.00. The Morgan fingerprint density at radius 2 is 2.21 bits per heavy atom. The second-order valence-electron chi connectivity index (χ2n) is 5.38. The fourth-order valence-electron chi connectivity index (χ4n) is 2.78. The number of hydrogen-bond donors (Lipinski definition) is 1. The van der Waals surface area contributed by atoms with Crippen LogP contribution in [-0.4, -0.2) is 29.4 Å². The summed E-state index contributed by atoms with van der Waals surface area (Å²) in [6, 6.07) is 5.58. The topological polar surface area (TPSA) is 46.3 Å². The zero-order chi connectivity index (χ0) is 14.0. The highest BCUT2D eigenvalue weighted by Gasteiger charge is 2.30. The van der Waals surface area contributed by atoms with Crippen LogP contribution in [0.2, 0.25) is 5.02 Å². The Labute approximate surface area is 119 Å². The molecule has 1 aromatic rings. The first-order valence-electron chi connectivity index (χ1n) is 6.83. The van der Waals surface area contributed by atoms with Crippen LogP contribution in [0.15, 0.2) is 18.2 Å². The van der Waals surface area contributed by atoms with E-state index in [2.05, 4.69) is 0 Å². The van der Waals surface area contributed by atoms with Crippen LogP contribution in [0.1, 0.15) is 42.1 Å². The molecule has 0 bridgehead atoms. The second kappa shape index (κ2) is 5.93. The molecule has 0 spiro atoms. The predicted molar refractivity (Wildman–Crippen MR) is 78.5 cm³/mol. The average molecular weight is 281 g/mol. The van der Waals surface area contributed by atoms with Crippen molar-refractivity contribution in [1.82, 2.24) is 4.90 Å². The fraction of sp³-hybridized carbons (Fsp3) is 0.533. The van der Waals surface area contributed by atoms with Crippen molar-refractivity contribution in [2.24, 2.45) is 5.73 Å². The molecule has 104 valence electrons. The molecule has 1 fully saturated rings. The number of hydrogen-bond acceptors (Lipinski definition) is 2. The monoisotopic (exact) mass is 280 g/mol. The van der Waals surface area contributed by atoms with E-state index in [0.29, 0.717) is 5.02 Å². The van der Waals surface area contributed by atoms with E-state index in [4.69, 9.17) is 17.3 Å². The van der Waals surface area contributed by atoms with Crippen molar-refractivity contribution in [3.05, 3.63) is 34.3 Å². The first-order valence-corrected chi connectivity index (χ1v) is 7.21. The number of carbonyl (C=O) groups is 1. The maximum Gasteiger partial charge on any atom is 0.254 e. The SMILES string of the molecule is Cc1cc(Cl)ccc1C(=O)N1CCCCC1C(C)N. The van der Waals surface area contributed by atoms with E-state index in [1.54, 1.807) is 6.07 Å². The van der Waals surface area contributed by atoms with E-state index in [1.165, 1.54) is 0 Å². The number of benzene rings is 1. The van der Waals surface area contributed by atoms with Crippen molar-refractivity contribution in [2.45, 2.75) is 45.2 Å². The van der Waals surface area contributed by atoms with Crippen LogP contribution < -0.4 is 5.73 Å². The molecule has 1 aliphatic rings. The molecule has 4 heteroatoms. The third kappa shape index (κ3) is 3.10. The lowest BCUT2D eigenvalue weighted by molar-refractivity contribution is 0.0583. The zero-order valence-electron chi connectivity index (χ0n) is 11.5. The normalized spacial score (nSPS) is 21.3. The van der Waals surface area contributed by atoms with Crippen molar-refractivity contribution in [2.75, 3.05) is 6.54 Å². The van der Waals surface area contributed by atoms with Crippen LogP contribution in [0.3, 0.4) is 0 Å². The Hall–Kier alpha value is -1.06. The molecule has 2 N–H and O–H groups in total. The summed E-state index contributed by atoms with van der Waals surface area (Å²) < 4.78 is 0. The summed E-state index contributed by atoms with van der Waals surface area (Å²) in [6.45, 7) is 4.70. The summed E-state index contributed by atoms with van der Waals surface area (Å²) in [4.78, 5) is 14.6. The molecule has 3 nitrogen and oxygen atoms in total. The summed E-state index contributed by atoms with van der Waals surface area (Å²) in [5.41, 5.74) is 7.68. The van der Waals surface area contributed by atoms with Gasteiger partial charge in [0, 0.05) is 29.2 Å². The maximum absolute atomic E-state index is 12.7. The Kier molecular flexibility index (Phi) is 4.48. The van der Waals surface area contributed by atoms with E-state index in [1.807, 2.05) is 30.9 Å². The Morgan fingerprint density at radius 1 is 1.47 bits per heavy atom. The van der Waals surface area contributed by atoms with Crippen LogP contribution in [-0.2, 0) is 0 Å². The standard InChI is InChI=1S/C15H21ClN2O/c1-10-9-12(16)6-7-13(10)15(19)18-8-4-3-5-14(18)11(2)17/h6-7,9,11,14H,3-5,8,17H2,1-2H3. The highest BCUT2D eigenvalue weighted by Crippen LogP contribution is 2.23. The molecular formula is C15H21ClN2O. The van der Waals surface area contributed by atoms with E-state index in [0.717, 1.165) is 36.9 Å². The molecule has 1 saturated heterocycles. The lowest BCUT2D eigenvalue weighted by Crippen LogP contribution is -2.51. The van der Waals surface area contributed by atoms with Gasteiger partial charge in [-0.3, -0.25) is 4.79 Å². The number of piperidine rings is 1. The van der Waals surface area contributed by atoms with E-state index < -0.39 is 0 Å². The third-order valence-electron chi connectivity index (χ3n) is 3.84. The van der Waals surface area contributed by atoms with Crippen LogP contribution in [0.4, 0.5) is 0 Å². The summed E-state index contributed by atoms with van der Waals surface area (Å²) in [5, 5.41) is 0.663. The Bertz CT molecular complexity index is 473. The molecular weight excluding hydrogens is 260 g/mol. The third-order valence-corrected chi connectivity index (χ3v) is 4.07. The first-order chi connectivity index (χ1) is 9.00. The number of carbonyl (C=O) groups excluding carboxylic acids is 1. The summed E-state index contributed by atoms with van der Waals surface area (Å²) in [5.74, 6) is 0.0798. The highest BCUT2D eigenvalue weighted by molar-refractivity contribution is 6.30. The van der Waals surface area contributed by atoms with Gasteiger partial charge in [0.05, 0.1) is 0 Å². The van der Waals surface area contributed by atoms with Crippen LogP contribution >= 0.6 is 11.6 Å². The summed E-state index contributed by atoms with van der Waals surface area (Å²) in [6.07, 6.45) is 3.20. The minimum atomic E-state index is 0.0110. The van der Waals surface area contributed by atoms with Crippen molar-refractivity contribution in [3.63, 3.8) is 0 Å². The summed E-state index contributed by atoms with van der Waals surface area (Å²) >= 11 is 5.94. The van der Waals surface area contributed by atoms with Gasteiger partial charge < -0.3 is 10.6 Å². The van der Waals surface area contributed by atoms with E-state index in [9.17, 15) is 4.79 Å². The molecule has 2 atom stereocenters. The number of aryl methyl sites for hydroxylation is 1. The van der Waals surface area contributed by atoms with Gasteiger partial charge in [0.25, 0.3) is 5.91 Å². The molecule has 2 rings (SSSR count). The largest absolute Gasteiger partial charge is 0.334 e. The summed E-state index contributed by atoms with van der Waals surface area (Å²) in [7, 11) is 0. The minimum absolute atomic E-state index is 0.0110. The number of amides is 1. The number of nitrogens with two attached hydrogens (primary N) is 1. The Balaban J connectivity index is 2.26. The van der Waals surface area contributed by atoms with Gasteiger partial charge in [-0.2, -0.15) is 0 Å². The molecule has 19 heavy (non-hydrogen) atoms. The van der Waals surface area contributed by atoms with Gasteiger partial charge in [0.15, 0.2) is 0 Å². The van der Waals surface area contributed by atoms with Gasteiger partial charge in [-0.15, -0.1) is 0 Å². The molecule has 0 radical (unpaired) electrons. The lowest BCUT2D eigenvalue weighted by Gasteiger charge is -2.38. The zero-order valence-corrected chi connectivity index (χ0v) is 12.3. The molecule has 1 aromatic carbocycles. The van der Waals surface area contributed by atoms with Crippen LogP contribution in [0.5, 0.6) is 0 Å². The Morgan fingerprint density at radius 3 is 2.84 bits per heavy atom. The highest BCUT2D eigenvalue weighted by atomic mass is 35.5. The van der Waals surface area contributed by atoms with Crippen LogP contribution in [0, 0.1) is 6.92 Å². The number of likely N-dealkylation sites (tertiary alicyclic amines) is 1. The number of nitrogens with zero attached hydrogens (tertiary/aromatic N) is 1. The predicted octanol–water partition coefficient (Wildman–Crippen LogP) is 2.99. The molecule has 1 amide bonds. The molecule has 1 heterocycles. The first kappa shape index (κ1) is 14.4.